The molecule has 49 heavy (non-hydrogen) atoms. The number of hydrogen-bond donors (Lipinski definition) is 0. The van der Waals surface area contributed by atoms with Gasteiger partial charge in [-0.25, -0.2) is 15.0 Å². The summed E-state index contributed by atoms with van der Waals surface area (Å²) in [5.74, 6) is 1.77. The molecule has 0 fully saturated rings. The summed E-state index contributed by atoms with van der Waals surface area (Å²) in [6.07, 6.45) is 3.64. The van der Waals surface area contributed by atoms with E-state index in [9.17, 15) is 5.26 Å². The molecule has 9 rings (SSSR count). The Balaban J connectivity index is 1.26. The quantitative estimate of drug-likeness (QED) is 0.189. The molecule has 3 heterocycles. The highest BCUT2D eigenvalue weighted by atomic mass is 16.3. The van der Waals surface area contributed by atoms with E-state index in [1.165, 1.54) is 0 Å². The van der Waals surface area contributed by atoms with Crippen LogP contribution in [0.25, 0.3) is 89.1 Å². The van der Waals surface area contributed by atoms with Gasteiger partial charge in [-0.2, -0.15) is 5.26 Å². The highest BCUT2D eigenvalue weighted by molar-refractivity contribution is 6.06. The van der Waals surface area contributed by atoms with Crippen LogP contribution in [0.5, 0.6) is 0 Å². The van der Waals surface area contributed by atoms with Crippen molar-refractivity contribution < 1.29 is 4.42 Å². The molecule has 0 saturated heterocycles. The number of nitrogens with zero attached hydrogens (tertiary/aromatic N) is 5. The second kappa shape index (κ2) is 11.7. The summed E-state index contributed by atoms with van der Waals surface area (Å²) >= 11 is 0. The topological polar surface area (TPSA) is 88.5 Å². The molecule has 9 aromatic rings. The molecule has 0 radical (unpaired) electrons. The molecule has 3 aromatic heterocycles. The minimum absolute atomic E-state index is 0.565. The molecular weight excluding hydrogens is 603 g/mol. The monoisotopic (exact) mass is 627 g/mol. The van der Waals surface area contributed by atoms with Crippen molar-refractivity contribution >= 4 is 32.7 Å². The molecule has 0 spiro atoms. The Morgan fingerprint density at radius 1 is 0.469 bits per heavy atom. The van der Waals surface area contributed by atoms with E-state index < -0.39 is 0 Å². The first-order valence-electron chi connectivity index (χ1n) is 15.9. The van der Waals surface area contributed by atoms with Gasteiger partial charge in [-0.15, -0.1) is 0 Å². The Kier molecular flexibility index (Phi) is 6.74. The van der Waals surface area contributed by atoms with E-state index in [1.54, 1.807) is 12.3 Å². The number of aromatic nitrogens is 4. The molecule has 0 amide bonds. The Morgan fingerprint density at radius 2 is 1.14 bits per heavy atom. The van der Waals surface area contributed by atoms with Crippen LogP contribution in [0.15, 0.2) is 156 Å². The molecule has 0 aliphatic rings. The lowest BCUT2D eigenvalue weighted by atomic mass is 9.95. The summed E-state index contributed by atoms with van der Waals surface area (Å²) in [5, 5.41) is 13.6. The van der Waals surface area contributed by atoms with Crippen LogP contribution in [-0.2, 0) is 0 Å². The zero-order valence-corrected chi connectivity index (χ0v) is 26.1. The zero-order valence-electron chi connectivity index (χ0n) is 26.1. The average Bonchev–Trinajstić information content (AvgIpc) is 3.55. The first-order chi connectivity index (χ1) is 24.2. The largest absolute Gasteiger partial charge is 0.456 e. The van der Waals surface area contributed by atoms with Gasteiger partial charge in [0.1, 0.15) is 11.2 Å². The van der Waals surface area contributed by atoms with Crippen LogP contribution in [0.4, 0.5) is 0 Å². The maximum absolute atomic E-state index is 9.40. The lowest BCUT2D eigenvalue weighted by Crippen LogP contribution is -2.01. The van der Waals surface area contributed by atoms with Gasteiger partial charge in [-0.05, 0) is 82.1 Å². The SMILES string of the molecule is N#Cc1ccc2c(c1)oc1cc(-c3cc(-c4cccnc4)cc(-c4nc(-c5ccccc5)nc(-c5cccc6ccccc56)n4)c3)ccc12. The van der Waals surface area contributed by atoms with E-state index in [0.717, 1.165) is 66.1 Å². The fourth-order valence-electron chi connectivity index (χ4n) is 6.41. The maximum Gasteiger partial charge on any atom is 0.164 e. The molecular formula is C43H25N5O. The molecule has 0 atom stereocenters. The van der Waals surface area contributed by atoms with Gasteiger partial charge in [0.2, 0.25) is 0 Å². The highest BCUT2D eigenvalue weighted by Crippen LogP contribution is 2.37. The number of fused-ring (bicyclic) bond motifs is 4. The van der Waals surface area contributed by atoms with Crippen molar-refractivity contribution in [3.05, 3.63) is 157 Å². The van der Waals surface area contributed by atoms with Gasteiger partial charge in [0.15, 0.2) is 17.5 Å². The van der Waals surface area contributed by atoms with E-state index in [-0.39, 0.29) is 0 Å². The number of nitriles is 1. The van der Waals surface area contributed by atoms with E-state index in [1.807, 2.05) is 72.9 Å². The number of benzene rings is 6. The van der Waals surface area contributed by atoms with E-state index in [2.05, 4.69) is 77.8 Å². The van der Waals surface area contributed by atoms with E-state index in [4.69, 9.17) is 19.4 Å². The van der Waals surface area contributed by atoms with Crippen LogP contribution in [0, 0.1) is 11.3 Å². The molecule has 0 saturated carbocycles. The average molecular weight is 628 g/mol. The van der Waals surface area contributed by atoms with Gasteiger partial charge in [-0.1, -0.05) is 84.9 Å². The first kappa shape index (κ1) is 28.3. The summed E-state index contributed by atoms with van der Waals surface area (Å²) in [5.41, 5.74) is 8.62. The van der Waals surface area contributed by atoms with Crippen molar-refractivity contribution in [3.63, 3.8) is 0 Å². The predicted molar refractivity (Wildman–Crippen MR) is 194 cm³/mol. The van der Waals surface area contributed by atoms with E-state index >= 15 is 0 Å². The normalized spacial score (nSPS) is 11.2. The van der Waals surface area contributed by atoms with Gasteiger partial charge in [0.05, 0.1) is 11.6 Å². The summed E-state index contributed by atoms with van der Waals surface area (Å²) in [6, 6.07) is 48.9. The number of pyridine rings is 1. The fourth-order valence-corrected chi connectivity index (χ4v) is 6.41. The van der Waals surface area contributed by atoms with Crippen molar-refractivity contribution in [1.82, 2.24) is 19.9 Å². The Morgan fingerprint density at radius 3 is 1.96 bits per heavy atom. The maximum atomic E-state index is 9.40. The predicted octanol–water partition coefficient (Wildman–Crippen LogP) is 10.5. The summed E-state index contributed by atoms with van der Waals surface area (Å²) in [4.78, 5) is 19.6. The third kappa shape index (κ3) is 5.16. The number of furan rings is 1. The van der Waals surface area contributed by atoms with Gasteiger partial charge in [0, 0.05) is 45.4 Å². The van der Waals surface area contributed by atoms with Gasteiger partial charge >= 0.3 is 0 Å². The standard InChI is InChI=1S/C43H25N5O/c44-25-27-15-17-36-37-18-16-30(24-40(37)49-39(36)20-27)32-21-33(31-12-7-19-45-26-31)23-34(22-32)42-46-41(29-9-2-1-3-10-29)47-43(48-42)38-14-6-11-28-8-4-5-13-35(28)38/h1-24,26H. The fraction of sp³-hybridized carbons (Fsp3) is 0. The molecule has 0 unspecified atom stereocenters. The van der Waals surface area contributed by atoms with Crippen molar-refractivity contribution in [3.8, 4) is 62.5 Å². The van der Waals surface area contributed by atoms with Crippen molar-refractivity contribution in [2.24, 2.45) is 0 Å². The third-order valence-corrected chi connectivity index (χ3v) is 8.82. The highest BCUT2D eigenvalue weighted by Gasteiger charge is 2.17. The number of hydrogen-bond acceptors (Lipinski definition) is 6. The zero-order chi connectivity index (χ0) is 32.7. The second-order valence-electron chi connectivity index (χ2n) is 11.9. The molecule has 0 aliphatic heterocycles. The van der Waals surface area contributed by atoms with Crippen LogP contribution in [0.3, 0.4) is 0 Å². The first-order valence-corrected chi connectivity index (χ1v) is 15.9. The molecule has 0 aliphatic carbocycles. The molecule has 0 N–H and O–H groups in total. The van der Waals surface area contributed by atoms with Crippen LogP contribution in [0.2, 0.25) is 0 Å². The Hall–Kier alpha value is -6.97. The van der Waals surface area contributed by atoms with Gasteiger partial charge in [0.25, 0.3) is 0 Å². The van der Waals surface area contributed by atoms with E-state index in [0.29, 0.717) is 28.6 Å². The minimum atomic E-state index is 0.565. The van der Waals surface area contributed by atoms with Gasteiger partial charge < -0.3 is 4.42 Å². The summed E-state index contributed by atoms with van der Waals surface area (Å²) in [7, 11) is 0. The molecule has 228 valence electrons. The van der Waals surface area contributed by atoms with Crippen molar-refractivity contribution in [1.29, 1.82) is 5.26 Å². The van der Waals surface area contributed by atoms with Crippen molar-refractivity contribution in [2.45, 2.75) is 0 Å². The van der Waals surface area contributed by atoms with Crippen molar-refractivity contribution in [2.75, 3.05) is 0 Å². The van der Waals surface area contributed by atoms with Crippen LogP contribution in [0.1, 0.15) is 5.56 Å². The van der Waals surface area contributed by atoms with Crippen LogP contribution in [-0.4, -0.2) is 19.9 Å². The number of rotatable bonds is 5. The van der Waals surface area contributed by atoms with Crippen LogP contribution < -0.4 is 0 Å². The molecule has 0 bridgehead atoms. The summed E-state index contributed by atoms with van der Waals surface area (Å²) < 4.78 is 6.26. The molecule has 6 nitrogen and oxygen atoms in total. The van der Waals surface area contributed by atoms with Crippen LogP contribution >= 0.6 is 0 Å². The van der Waals surface area contributed by atoms with Gasteiger partial charge in [-0.3, -0.25) is 4.98 Å². The minimum Gasteiger partial charge on any atom is -0.456 e. The molecule has 6 aromatic carbocycles. The lowest BCUT2D eigenvalue weighted by molar-refractivity contribution is 0.669. The summed E-state index contributed by atoms with van der Waals surface area (Å²) in [6.45, 7) is 0. The Bertz CT molecular complexity index is 2720. The lowest BCUT2D eigenvalue weighted by Gasteiger charge is -2.13. The smallest absolute Gasteiger partial charge is 0.164 e. The molecule has 6 heteroatoms. The third-order valence-electron chi connectivity index (χ3n) is 8.82. The second-order valence-corrected chi connectivity index (χ2v) is 11.9. The Labute approximate surface area is 281 Å².